The molecule has 0 bridgehead atoms. The van der Waals surface area contributed by atoms with Gasteiger partial charge in [0, 0.05) is 27.6 Å². The fourth-order valence-corrected chi connectivity index (χ4v) is 4.10. The van der Waals surface area contributed by atoms with Gasteiger partial charge in [-0.1, -0.05) is 54.1 Å². The number of aromatic nitrogens is 1. The molecule has 2 aromatic carbocycles. The minimum Gasteiger partial charge on any atom is -0.267 e. The van der Waals surface area contributed by atoms with Crippen molar-refractivity contribution in [2.45, 2.75) is 12.8 Å². The maximum Gasteiger partial charge on any atom is 0.272 e. The second-order valence-corrected chi connectivity index (χ2v) is 7.70. The summed E-state index contributed by atoms with van der Waals surface area (Å²) in [6.45, 7) is 0. The molecule has 28 heavy (non-hydrogen) atoms. The van der Waals surface area contributed by atoms with Crippen LogP contribution in [0.1, 0.15) is 23.2 Å². The summed E-state index contributed by atoms with van der Waals surface area (Å²) in [5, 5.41) is 5.89. The number of hydrogen-bond acceptors (Lipinski definition) is 3. The third kappa shape index (κ3) is 3.00. The second-order valence-electron chi connectivity index (χ2n) is 7.26. The summed E-state index contributed by atoms with van der Waals surface area (Å²) in [6.07, 6.45) is 6.42. The van der Waals surface area contributed by atoms with Crippen LogP contribution in [-0.2, 0) is 0 Å². The minimum atomic E-state index is -0.212. The highest BCUT2D eigenvalue weighted by Gasteiger charge is 2.38. The van der Waals surface area contributed by atoms with Crippen molar-refractivity contribution in [2.75, 3.05) is 0 Å². The second kappa shape index (κ2) is 6.88. The van der Waals surface area contributed by atoms with Crippen LogP contribution in [0.3, 0.4) is 0 Å². The molecular weight excluding hydrogens is 370 g/mol. The Morgan fingerprint density at radius 3 is 2.79 bits per heavy atom. The van der Waals surface area contributed by atoms with Crippen molar-refractivity contribution in [1.29, 1.82) is 0 Å². The number of hydrazone groups is 1. The molecule has 1 fully saturated rings. The molecule has 1 aromatic heterocycles. The summed E-state index contributed by atoms with van der Waals surface area (Å²) in [5.41, 5.74) is 6.84. The fraction of sp³-hybridized carbons (Fsp3) is 0.174. The van der Waals surface area contributed by atoms with Crippen molar-refractivity contribution >= 4 is 34.1 Å². The van der Waals surface area contributed by atoms with Crippen LogP contribution in [0.4, 0.5) is 0 Å². The maximum absolute atomic E-state index is 13.0. The summed E-state index contributed by atoms with van der Waals surface area (Å²) in [4.78, 5) is 17.7. The Labute approximate surface area is 167 Å². The van der Waals surface area contributed by atoms with E-state index in [9.17, 15) is 4.79 Å². The topological polar surface area (TPSA) is 54.4 Å². The Bertz CT molecular complexity index is 1130. The molecule has 0 saturated heterocycles. The number of fused-ring (bicyclic) bond motifs is 2. The lowest BCUT2D eigenvalue weighted by Crippen LogP contribution is -2.35. The lowest BCUT2D eigenvalue weighted by molar-refractivity contribution is 0.0955. The van der Waals surface area contributed by atoms with Gasteiger partial charge in [0.1, 0.15) is 0 Å². The van der Waals surface area contributed by atoms with Crippen molar-refractivity contribution in [2.24, 2.45) is 16.9 Å². The van der Waals surface area contributed by atoms with E-state index in [1.807, 2.05) is 54.6 Å². The summed E-state index contributed by atoms with van der Waals surface area (Å²) in [5.74, 6) is 0.865. The Balaban J connectivity index is 1.49. The van der Waals surface area contributed by atoms with Gasteiger partial charge >= 0.3 is 0 Å². The predicted molar refractivity (Wildman–Crippen MR) is 112 cm³/mol. The third-order valence-electron chi connectivity index (χ3n) is 5.56. The highest BCUT2D eigenvalue weighted by atomic mass is 35.5. The van der Waals surface area contributed by atoms with Gasteiger partial charge in [-0.2, -0.15) is 5.10 Å². The molecule has 1 heterocycles. The average molecular weight is 388 g/mol. The van der Waals surface area contributed by atoms with Gasteiger partial charge in [-0.15, -0.1) is 0 Å². The first-order valence-corrected chi connectivity index (χ1v) is 9.76. The van der Waals surface area contributed by atoms with E-state index in [0.29, 0.717) is 22.4 Å². The van der Waals surface area contributed by atoms with Gasteiger partial charge in [0.2, 0.25) is 0 Å². The van der Waals surface area contributed by atoms with Crippen LogP contribution in [0, 0.1) is 11.8 Å². The molecule has 2 atom stereocenters. The zero-order chi connectivity index (χ0) is 19.1. The number of hydrogen-bond donors (Lipinski definition) is 1. The molecule has 2 aliphatic carbocycles. The quantitative estimate of drug-likeness (QED) is 0.493. The molecule has 1 N–H and O–H groups in total. The van der Waals surface area contributed by atoms with Gasteiger partial charge in [-0.25, -0.2) is 10.4 Å². The minimum absolute atomic E-state index is 0.212. The van der Waals surface area contributed by atoms with Gasteiger partial charge in [0.15, 0.2) is 0 Å². The van der Waals surface area contributed by atoms with Crippen LogP contribution in [0.5, 0.6) is 0 Å². The number of benzene rings is 2. The molecule has 5 heteroatoms. The number of nitrogens with one attached hydrogen (secondary N) is 1. The molecule has 0 radical (unpaired) electrons. The largest absolute Gasteiger partial charge is 0.272 e. The molecule has 2 unspecified atom stereocenters. The van der Waals surface area contributed by atoms with Crippen molar-refractivity contribution in [1.82, 2.24) is 10.4 Å². The van der Waals surface area contributed by atoms with Crippen LogP contribution in [0.15, 0.2) is 71.9 Å². The number of halogens is 1. The van der Waals surface area contributed by atoms with Gasteiger partial charge in [-0.05, 0) is 43.0 Å². The van der Waals surface area contributed by atoms with E-state index in [0.717, 1.165) is 40.7 Å². The van der Waals surface area contributed by atoms with E-state index < -0.39 is 0 Å². The SMILES string of the molecule is O=C(N/N=C1\CC2C=CCC12)c1cc(-c2ccc(Cl)cc2)nc2ccccc12. The van der Waals surface area contributed by atoms with E-state index in [2.05, 4.69) is 22.7 Å². The molecule has 1 amide bonds. The van der Waals surface area contributed by atoms with Crippen LogP contribution in [0.25, 0.3) is 22.2 Å². The fourth-order valence-electron chi connectivity index (χ4n) is 3.98. The lowest BCUT2D eigenvalue weighted by Gasteiger charge is -2.31. The number of rotatable bonds is 3. The summed E-state index contributed by atoms with van der Waals surface area (Å²) in [7, 11) is 0. The van der Waals surface area contributed by atoms with E-state index >= 15 is 0 Å². The molecule has 3 aromatic rings. The monoisotopic (exact) mass is 387 g/mol. The standard InChI is InChI=1S/C23H18ClN3O/c24-16-10-8-14(9-11-16)21-13-19(18-5-1-2-7-20(18)25-21)23(28)27-26-22-12-15-4-3-6-17(15)22/h1-5,7-11,13,15,17H,6,12H2,(H,27,28)/b26-22+. The summed E-state index contributed by atoms with van der Waals surface area (Å²) in [6, 6.07) is 16.9. The first-order chi connectivity index (χ1) is 13.7. The summed E-state index contributed by atoms with van der Waals surface area (Å²) < 4.78 is 0. The van der Waals surface area contributed by atoms with Crippen LogP contribution in [-0.4, -0.2) is 16.6 Å². The Kier molecular flexibility index (Phi) is 4.21. The van der Waals surface area contributed by atoms with Crippen molar-refractivity contribution < 1.29 is 4.79 Å². The molecule has 2 aliphatic rings. The average Bonchev–Trinajstić information content (AvgIpc) is 3.08. The number of amides is 1. The molecule has 0 spiro atoms. The molecule has 5 rings (SSSR count). The van der Waals surface area contributed by atoms with Crippen LogP contribution < -0.4 is 5.43 Å². The zero-order valence-electron chi connectivity index (χ0n) is 15.1. The van der Waals surface area contributed by atoms with Crippen LogP contribution >= 0.6 is 11.6 Å². The van der Waals surface area contributed by atoms with Gasteiger partial charge in [0.25, 0.3) is 5.91 Å². The number of pyridine rings is 1. The molecule has 0 aliphatic heterocycles. The first kappa shape index (κ1) is 17.1. The third-order valence-corrected chi connectivity index (χ3v) is 5.82. The smallest absolute Gasteiger partial charge is 0.267 e. The van der Waals surface area contributed by atoms with Crippen molar-refractivity contribution in [3.63, 3.8) is 0 Å². The Hall–Kier alpha value is -2.98. The normalized spacial score (nSPS) is 21.5. The zero-order valence-corrected chi connectivity index (χ0v) is 15.9. The Morgan fingerprint density at radius 2 is 1.96 bits per heavy atom. The summed E-state index contributed by atoms with van der Waals surface area (Å²) >= 11 is 6.00. The van der Waals surface area contributed by atoms with E-state index in [4.69, 9.17) is 16.6 Å². The molecule has 4 nitrogen and oxygen atoms in total. The van der Waals surface area contributed by atoms with Gasteiger partial charge in [-0.3, -0.25) is 4.79 Å². The number of para-hydroxylation sites is 1. The van der Waals surface area contributed by atoms with E-state index in [1.54, 1.807) is 0 Å². The lowest BCUT2D eigenvalue weighted by atomic mass is 9.74. The number of carbonyl (C=O) groups is 1. The first-order valence-electron chi connectivity index (χ1n) is 9.38. The Morgan fingerprint density at radius 1 is 1.14 bits per heavy atom. The van der Waals surface area contributed by atoms with E-state index in [-0.39, 0.29) is 5.91 Å². The maximum atomic E-state index is 13.0. The number of allylic oxidation sites excluding steroid dienone is 2. The highest BCUT2D eigenvalue weighted by Crippen LogP contribution is 2.40. The number of carbonyl (C=O) groups excluding carboxylic acids is 1. The van der Waals surface area contributed by atoms with Crippen molar-refractivity contribution in [3.05, 3.63) is 77.3 Å². The van der Waals surface area contributed by atoms with Crippen molar-refractivity contribution in [3.8, 4) is 11.3 Å². The predicted octanol–water partition coefficient (Wildman–Crippen LogP) is 5.24. The molecular formula is C23H18ClN3O. The van der Waals surface area contributed by atoms with Gasteiger partial charge < -0.3 is 0 Å². The molecule has 1 saturated carbocycles. The highest BCUT2D eigenvalue weighted by molar-refractivity contribution is 6.30. The van der Waals surface area contributed by atoms with Crippen LogP contribution in [0.2, 0.25) is 5.02 Å². The molecule has 138 valence electrons. The number of nitrogens with zero attached hydrogens (tertiary/aromatic N) is 2. The van der Waals surface area contributed by atoms with Gasteiger partial charge in [0.05, 0.1) is 16.8 Å². The van der Waals surface area contributed by atoms with E-state index in [1.165, 1.54) is 0 Å².